The van der Waals surface area contributed by atoms with E-state index in [0.29, 0.717) is 40.8 Å². The normalized spacial score (nSPS) is 35.1. The highest BCUT2D eigenvalue weighted by Crippen LogP contribution is 2.99. The Bertz CT molecular complexity index is 940. The van der Waals surface area contributed by atoms with Crippen molar-refractivity contribution < 1.29 is 4.79 Å². The first kappa shape index (κ1) is 16.7. The largest absolute Gasteiger partial charge is 0.404 e. The van der Waals surface area contributed by atoms with Crippen molar-refractivity contribution in [1.29, 1.82) is 5.41 Å². The quantitative estimate of drug-likeness (QED) is 0.698. The van der Waals surface area contributed by atoms with E-state index in [1.165, 1.54) is 38.3 Å². The smallest absolute Gasteiger partial charge is 0.220 e. The fourth-order valence-electron chi connectivity index (χ4n) is 6.55. The highest BCUT2D eigenvalue weighted by Gasteiger charge is 2.94. The fourth-order valence-corrected chi connectivity index (χ4v) is 6.55. The minimum Gasteiger partial charge on any atom is -0.404 e. The van der Waals surface area contributed by atoms with Crippen LogP contribution in [0.25, 0.3) is 6.08 Å². The topological polar surface area (TPSA) is 119 Å². The van der Waals surface area contributed by atoms with E-state index in [1.807, 2.05) is 13.0 Å². The number of allylic oxidation sites excluding steroid dienone is 2. The number of carbonyl (C=O) groups excluding carboxylic acids is 1. The molecule has 0 bridgehead atoms. The van der Waals surface area contributed by atoms with Gasteiger partial charge in [-0.1, -0.05) is 19.3 Å². The van der Waals surface area contributed by atoms with Gasteiger partial charge in [-0.3, -0.25) is 4.79 Å². The van der Waals surface area contributed by atoms with Gasteiger partial charge >= 0.3 is 0 Å². The molecular formula is C21H25N5O. The van der Waals surface area contributed by atoms with Crippen LogP contribution in [0.3, 0.4) is 0 Å². The Morgan fingerprint density at radius 2 is 2.04 bits per heavy atom. The number of nitrogens with zero attached hydrogens (tertiary/aromatic N) is 2. The Balaban J connectivity index is 1.68. The Morgan fingerprint density at radius 1 is 1.30 bits per heavy atom. The summed E-state index contributed by atoms with van der Waals surface area (Å²) in [5.41, 5.74) is 15.7. The summed E-state index contributed by atoms with van der Waals surface area (Å²) in [7, 11) is 0. The maximum atomic E-state index is 13.3. The van der Waals surface area contributed by atoms with E-state index in [4.69, 9.17) is 16.9 Å². The van der Waals surface area contributed by atoms with Crippen molar-refractivity contribution in [2.45, 2.75) is 51.4 Å². The predicted molar refractivity (Wildman–Crippen MR) is 104 cm³/mol. The van der Waals surface area contributed by atoms with Crippen LogP contribution in [0.15, 0.2) is 17.3 Å². The van der Waals surface area contributed by atoms with Crippen LogP contribution in [0.2, 0.25) is 0 Å². The first-order chi connectivity index (χ1) is 13.0. The number of nitrogen functional groups attached to an aromatic ring is 1. The number of anilines is 1. The van der Waals surface area contributed by atoms with E-state index in [-0.39, 0.29) is 11.2 Å². The van der Waals surface area contributed by atoms with Crippen molar-refractivity contribution in [2.24, 2.45) is 22.5 Å². The summed E-state index contributed by atoms with van der Waals surface area (Å²) in [6, 6.07) is 0. The molecule has 3 fully saturated rings. The van der Waals surface area contributed by atoms with Crippen LogP contribution in [-0.4, -0.2) is 22.0 Å². The summed E-state index contributed by atoms with van der Waals surface area (Å²) in [4.78, 5) is 22.2. The van der Waals surface area contributed by atoms with E-state index in [0.717, 1.165) is 23.2 Å². The third-order valence-corrected chi connectivity index (χ3v) is 7.68. The predicted octanol–water partition coefficient (Wildman–Crippen LogP) is 2.88. The van der Waals surface area contributed by atoms with Gasteiger partial charge in [0, 0.05) is 41.5 Å². The standard InChI is InChI=1S/C21H25N5O/c1-11-13-7-14(12(9-22)10-23)15(27)8-21-16(17(13)26-19(24)25-11)18(21)20(21)5-3-2-4-6-20/h7,9-10,16,18,22H,2-6,8,23H2,1H3,(H2,24,25,26)/b12-10+,14-7-,22-9?/t16?,18-,21?/m1/s1. The van der Waals surface area contributed by atoms with E-state index < -0.39 is 0 Å². The number of nitrogens with two attached hydrogens (primary N) is 2. The van der Waals surface area contributed by atoms with Crippen molar-refractivity contribution in [2.75, 3.05) is 5.73 Å². The summed E-state index contributed by atoms with van der Waals surface area (Å²) >= 11 is 0. The molecule has 4 aliphatic carbocycles. The van der Waals surface area contributed by atoms with Crippen LogP contribution >= 0.6 is 0 Å². The van der Waals surface area contributed by atoms with Crippen LogP contribution in [0, 0.1) is 29.1 Å². The fraction of sp³-hybridized carbons (Fsp3) is 0.524. The molecule has 2 spiro atoms. The molecule has 4 aliphatic rings. The summed E-state index contributed by atoms with van der Waals surface area (Å²) in [6.07, 6.45) is 11.1. The SMILES string of the molecule is Cc1nc(N)nc2c1/C=C(/C(C=N)=C/N)C(=O)CC13C2[C@@H]1C31CCCCC1. The number of rotatable bonds is 2. The maximum Gasteiger partial charge on any atom is 0.220 e. The van der Waals surface area contributed by atoms with E-state index in [9.17, 15) is 4.79 Å². The van der Waals surface area contributed by atoms with Gasteiger partial charge in [0.1, 0.15) is 0 Å². The van der Waals surface area contributed by atoms with Crippen molar-refractivity contribution >= 4 is 24.0 Å². The van der Waals surface area contributed by atoms with Crippen molar-refractivity contribution in [3.8, 4) is 0 Å². The van der Waals surface area contributed by atoms with Gasteiger partial charge < -0.3 is 16.9 Å². The first-order valence-corrected chi connectivity index (χ1v) is 9.82. The number of Topliss-reactive ketones (excluding diaryl/α,β-unsaturated/α-hetero) is 1. The summed E-state index contributed by atoms with van der Waals surface area (Å²) < 4.78 is 0. The second-order valence-corrected chi connectivity index (χ2v) is 8.60. The molecule has 140 valence electrons. The number of aryl methyl sites for hydroxylation is 1. The van der Waals surface area contributed by atoms with Gasteiger partial charge in [-0.25, -0.2) is 9.97 Å². The van der Waals surface area contributed by atoms with Crippen LogP contribution in [0.1, 0.15) is 61.4 Å². The molecule has 27 heavy (non-hydrogen) atoms. The molecule has 1 heterocycles. The molecule has 3 saturated carbocycles. The Morgan fingerprint density at radius 3 is 2.70 bits per heavy atom. The third kappa shape index (κ3) is 1.91. The third-order valence-electron chi connectivity index (χ3n) is 7.68. The summed E-state index contributed by atoms with van der Waals surface area (Å²) in [6.45, 7) is 1.91. The molecule has 2 unspecified atom stereocenters. The van der Waals surface area contributed by atoms with Gasteiger partial charge in [-0.15, -0.1) is 0 Å². The van der Waals surface area contributed by atoms with Gasteiger partial charge in [-0.05, 0) is 42.6 Å². The molecule has 6 nitrogen and oxygen atoms in total. The average Bonchev–Trinajstić information content (AvgIpc) is 3.47. The maximum absolute atomic E-state index is 13.3. The van der Waals surface area contributed by atoms with Crippen LogP contribution < -0.4 is 11.5 Å². The number of hydrogen-bond acceptors (Lipinski definition) is 6. The number of ketones is 1. The molecule has 1 aromatic rings. The molecular weight excluding hydrogens is 338 g/mol. The van der Waals surface area contributed by atoms with E-state index in [2.05, 4.69) is 9.97 Å². The van der Waals surface area contributed by atoms with Gasteiger partial charge in [0.15, 0.2) is 5.78 Å². The Labute approximate surface area is 158 Å². The molecule has 6 heteroatoms. The summed E-state index contributed by atoms with van der Waals surface area (Å²) in [5, 5.41) is 7.68. The van der Waals surface area contributed by atoms with Crippen molar-refractivity contribution in [1.82, 2.24) is 9.97 Å². The van der Waals surface area contributed by atoms with E-state index >= 15 is 0 Å². The molecule has 0 saturated heterocycles. The van der Waals surface area contributed by atoms with Gasteiger partial charge in [0.2, 0.25) is 5.95 Å². The molecule has 3 atom stereocenters. The lowest BCUT2D eigenvalue weighted by Crippen LogP contribution is -2.29. The minimum atomic E-state index is 0.0354. The average molecular weight is 363 g/mol. The number of hydrogen-bond donors (Lipinski definition) is 3. The first-order valence-electron chi connectivity index (χ1n) is 9.82. The molecule has 1 aromatic heterocycles. The van der Waals surface area contributed by atoms with Gasteiger partial charge in [0.05, 0.1) is 11.4 Å². The van der Waals surface area contributed by atoms with E-state index in [1.54, 1.807) is 0 Å². The van der Waals surface area contributed by atoms with Crippen LogP contribution in [0.4, 0.5) is 5.95 Å². The molecule has 0 amide bonds. The highest BCUT2D eigenvalue weighted by atomic mass is 16.1. The van der Waals surface area contributed by atoms with Crippen LogP contribution in [-0.2, 0) is 4.79 Å². The lowest BCUT2D eigenvalue weighted by atomic mass is 9.68. The molecule has 0 radical (unpaired) electrons. The lowest BCUT2D eigenvalue weighted by molar-refractivity contribution is -0.116. The number of aromatic nitrogens is 2. The van der Waals surface area contributed by atoms with Gasteiger partial charge in [0.25, 0.3) is 0 Å². The monoisotopic (exact) mass is 363 g/mol. The highest BCUT2D eigenvalue weighted by molar-refractivity contribution is 6.11. The molecule has 5 N–H and O–H groups in total. The minimum absolute atomic E-state index is 0.0354. The van der Waals surface area contributed by atoms with Crippen molar-refractivity contribution in [3.63, 3.8) is 0 Å². The second-order valence-electron chi connectivity index (χ2n) is 8.60. The number of carbonyl (C=O) groups is 1. The molecule has 0 aliphatic heterocycles. The molecule has 0 aromatic carbocycles. The van der Waals surface area contributed by atoms with Crippen molar-refractivity contribution in [3.05, 3.63) is 34.3 Å². The second kappa shape index (κ2) is 5.27. The Hall–Kier alpha value is -2.50. The zero-order chi connectivity index (χ0) is 19.0. The van der Waals surface area contributed by atoms with Crippen LogP contribution in [0.5, 0.6) is 0 Å². The lowest BCUT2D eigenvalue weighted by Gasteiger charge is -2.36. The summed E-state index contributed by atoms with van der Waals surface area (Å²) in [5.74, 6) is 1.25. The number of fused-ring (bicyclic) bond motifs is 4. The zero-order valence-corrected chi connectivity index (χ0v) is 15.6. The molecule has 5 rings (SSSR count). The van der Waals surface area contributed by atoms with Gasteiger partial charge in [-0.2, -0.15) is 0 Å². The zero-order valence-electron chi connectivity index (χ0n) is 15.6. The Kier molecular flexibility index (Phi) is 3.25. The number of nitrogens with one attached hydrogen (secondary N) is 1.